The Morgan fingerprint density at radius 2 is 1.54 bits per heavy atom. The summed E-state index contributed by atoms with van der Waals surface area (Å²) in [5.41, 5.74) is 2.50. The monoisotopic (exact) mass is 499 g/mol. The summed E-state index contributed by atoms with van der Waals surface area (Å²) >= 11 is 0. The van der Waals surface area contributed by atoms with Crippen LogP contribution in [0, 0.1) is 12.7 Å². The molecule has 37 heavy (non-hydrogen) atoms. The number of pyridine rings is 1. The minimum absolute atomic E-state index is 0.00652. The van der Waals surface area contributed by atoms with Crippen molar-refractivity contribution in [1.82, 2.24) is 4.98 Å². The zero-order valence-corrected chi connectivity index (χ0v) is 21.8. The largest absolute Gasteiger partial charge is 0.260 e. The third kappa shape index (κ3) is 4.82. The lowest BCUT2D eigenvalue weighted by atomic mass is 9.67. The molecule has 0 saturated heterocycles. The van der Waals surface area contributed by atoms with E-state index in [0.29, 0.717) is 19.3 Å². The van der Waals surface area contributed by atoms with Crippen molar-refractivity contribution in [2.24, 2.45) is 0 Å². The standard InChI is InChI=1S/C33H32F3N/c1-22-10-15-30(37-21-22)33(18-23-8-6-5-7-9-23,27-13-14-29(34)28(17-27)31(2,3)35)26-12-11-24-19-32(4,36)20-25(24)16-26/h5-17,21H,18-20H2,1-4H3. The van der Waals surface area contributed by atoms with E-state index in [0.717, 1.165) is 39.1 Å². The summed E-state index contributed by atoms with van der Waals surface area (Å²) in [5, 5.41) is 0. The molecule has 1 nitrogen and oxygen atoms in total. The third-order valence-electron chi connectivity index (χ3n) is 7.58. The molecule has 0 bridgehead atoms. The molecule has 1 aromatic heterocycles. The van der Waals surface area contributed by atoms with E-state index in [9.17, 15) is 4.39 Å². The first kappa shape index (κ1) is 25.3. The van der Waals surface area contributed by atoms with Gasteiger partial charge in [0.2, 0.25) is 0 Å². The average molecular weight is 500 g/mol. The Balaban J connectivity index is 1.83. The van der Waals surface area contributed by atoms with Gasteiger partial charge in [-0.2, -0.15) is 0 Å². The molecule has 0 N–H and O–H groups in total. The number of nitrogens with zero attached hydrogens (tertiary/aromatic N) is 1. The van der Waals surface area contributed by atoms with E-state index in [2.05, 4.69) is 18.2 Å². The number of aromatic nitrogens is 1. The van der Waals surface area contributed by atoms with E-state index >= 15 is 8.78 Å². The van der Waals surface area contributed by atoms with Gasteiger partial charge in [0, 0.05) is 24.6 Å². The molecule has 3 aromatic carbocycles. The molecule has 2 atom stereocenters. The van der Waals surface area contributed by atoms with Crippen LogP contribution in [-0.4, -0.2) is 10.7 Å². The smallest absolute Gasteiger partial charge is 0.133 e. The molecule has 0 spiro atoms. The van der Waals surface area contributed by atoms with E-state index in [-0.39, 0.29) is 5.56 Å². The predicted molar refractivity (Wildman–Crippen MR) is 143 cm³/mol. The summed E-state index contributed by atoms with van der Waals surface area (Å²) in [5.74, 6) is -0.580. The second-order valence-electron chi connectivity index (χ2n) is 11.2. The Morgan fingerprint density at radius 1 is 0.865 bits per heavy atom. The van der Waals surface area contributed by atoms with Gasteiger partial charge in [-0.3, -0.25) is 4.98 Å². The molecule has 0 aliphatic heterocycles. The molecule has 0 saturated carbocycles. The number of fused-ring (bicyclic) bond motifs is 1. The molecule has 2 unspecified atom stereocenters. The van der Waals surface area contributed by atoms with Crippen molar-refractivity contribution in [3.8, 4) is 0 Å². The summed E-state index contributed by atoms with van der Waals surface area (Å²) in [6.07, 6.45) is 3.07. The molecule has 4 aromatic rings. The molecule has 1 aliphatic rings. The van der Waals surface area contributed by atoms with E-state index in [4.69, 9.17) is 4.98 Å². The lowest BCUT2D eigenvalue weighted by Crippen LogP contribution is -2.34. The maximum Gasteiger partial charge on any atom is 0.133 e. The number of alkyl halides is 2. The van der Waals surface area contributed by atoms with Crippen molar-refractivity contribution < 1.29 is 13.2 Å². The van der Waals surface area contributed by atoms with Crippen LogP contribution in [0.1, 0.15) is 65.4 Å². The van der Waals surface area contributed by atoms with Crippen molar-refractivity contribution in [2.45, 2.75) is 63.7 Å². The van der Waals surface area contributed by atoms with Crippen molar-refractivity contribution >= 4 is 0 Å². The molecule has 190 valence electrons. The van der Waals surface area contributed by atoms with E-state index in [1.54, 1.807) is 19.1 Å². The topological polar surface area (TPSA) is 12.9 Å². The van der Waals surface area contributed by atoms with Gasteiger partial charge in [-0.15, -0.1) is 0 Å². The van der Waals surface area contributed by atoms with Gasteiger partial charge in [-0.05, 0) is 85.7 Å². The number of hydrogen-bond acceptors (Lipinski definition) is 1. The fourth-order valence-corrected chi connectivity index (χ4v) is 5.71. The Bertz CT molecular complexity index is 1420. The summed E-state index contributed by atoms with van der Waals surface area (Å²) in [6, 6.07) is 24.9. The summed E-state index contributed by atoms with van der Waals surface area (Å²) in [7, 11) is 0. The number of hydrogen-bond donors (Lipinski definition) is 0. The minimum Gasteiger partial charge on any atom is -0.260 e. The Morgan fingerprint density at radius 3 is 2.22 bits per heavy atom. The molecule has 0 radical (unpaired) electrons. The molecule has 5 rings (SSSR count). The van der Waals surface area contributed by atoms with Crippen LogP contribution in [0.4, 0.5) is 13.2 Å². The van der Waals surface area contributed by atoms with Crippen LogP contribution in [0.3, 0.4) is 0 Å². The van der Waals surface area contributed by atoms with E-state index < -0.39 is 22.6 Å². The van der Waals surface area contributed by atoms with Crippen LogP contribution >= 0.6 is 0 Å². The van der Waals surface area contributed by atoms with Crippen molar-refractivity contribution in [3.05, 3.63) is 136 Å². The van der Waals surface area contributed by atoms with Crippen LogP contribution < -0.4 is 0 Å². The quantitative estimate of drug-likeness (QED) is 0.261. The Kier molecular flexibility index (Phi) is 6.26. The second kappa shape index (κ2) is 9.16. The van der Waals surface area contributed by atoms with Crippen LogP contribution in [0.25, 0.3) is 0 Å². The van der Waals surface area contributed by atoms with Gasteiger partial charge >= 0.3 is 0 Å². The van der Waals surface area contributed by atoms with Gasteiger partial charge in [-0.1, -0.05) is 60.7 Å². The van der Waals surface area contributed by atoms with Crippen LogP contribution in [0.2, 0.25) is 0 Å². The van der Waals surface area contributed by atoms with Crippen molar-refractivity contribution in [2.75, 3.05) is 0 Å². The zero-order valence-electron chi connectivity index (χ0n) is 21.8. The Labute approximate surface area is 217 Å². The first-order valence-corrected chi connectivity index (χ1v) is 12.8. The first-order valence-electron chi connectivity index (χ1n) is 12.8. The number of halogens is 3. The highest BCUT2D eigenvalue weighted by atomic mass is 19.2. The molecular weight excluding hydrogens is 467 g/mol. The number of aryl methyl sites for hydroxylation is 1. The van der Waals surface area contributed by atoms with Crippen LogP contribution in [0.5, 0.6) is 0 Å². The third-order valence-corrected chi connectivity index (χ3v) is 7.58. The van der Waals surface area contributed by atoms with Crippen molar-refractivity contribution in [1.29, 1.82) is 0 Å². The SMILES string of the molecule is Cc1ccc(C(Cc2ccccc2)(c2ccc3c(c2)CC(C)(F)C3)c2ccc(F)c(C(C)(C)F)c2)nc1. The van der Waals surface area contributed by atoms with Gasteiger partial charge in [0.15, 0.2) is 0 Å². The maximum atomic E-state index is 15.2. The summed E-state index contributed by atoms with van der Waals surface area (Å²) < 4.78 is 45.1. The number of rotatable bonds is 6. The van der Waals surface area contributed by atoms with Gasteiger partial charge < -0.3 is 0 Å². The highest BCUT2D eigenvalue weighted by Crippen LogP contribution is 2.45. The molecule has 0 amide bonds. The van der Waals surface area contributed by atoms with Gasteiger partial charge in [-0.25, -0.2) is 13.2 Å². The maximum absolute atomic E-state index is 15.2. The number of benzene rings is 3. The fraction of sp³-hybridized carbons (Fsp3) is 0.303. The minimum atomic E-state index is -1.87. The van der Waals surface area contributed by atoms with Gasteiger partial charge in [0.05, 0.1) is 11.1 Å². The first-order chi connectivity index (χ1) is 17.5. The zero-order chi connectivity index (χ0) is 26.4. The van der Waals surface area contributed by atoms with Gasteiger partial charge in [0.1, 0.15) is 17.2 Å². The highest BCUT2D eigenvalue weighted by Gasteiger charge is 2.41. The molecule has 1 aliphatic carbocycles. The normalized spacial score (nSPS) is 18.9. The second-order valence-corrected chi connectivity index (χ2v) is 11.2. The Hall–Kier alpha value is -3.40. The summed E-state index contributed by atoms with van der Waals surface area (Å²) in [4.78, 5) is 4.87. The lowest BCUT2D eigenvalue weighted by Gasteiger charge is -2.36. The van der Waals surface area contributed by atoms with Crippen LogP contribution in [-0.2, 0) is 30.3 Å². The average Bonchev–Trinajstić information content (AvgIpc) is 3.16. The molecule has 1 heterocycles. The molecular formula is C33H32F3N. The molecule has 0 fully saturated rings. The van der Waals surface area contributed by atoms with Crippen molar-refractivity contribution in [3.63, 3.8) is 0 Å². The lowest BCUT2D eigenvalue weighted by molar-refractivity contribution is 0.205. The molecule has 4 heteroatoms. The predicted octanol–water partition coefficient (Wildman–Crippen LogP) is 8.14. The fourth-order valence-electron chi connectivity index (χ4n) is 5.71. The van der Waals surface area contributed by atoms with E-state index in [1.165, 1.54) is 19.9 Å². The highest BCUT2D eigenvalue weighted by molar-refractivity contribution is 5.54. The van der Waals surface area contributed by atoms with Crippen LogP contribution in [0.15, 0.2) is 85.1 Å². The van der Waals surface area contributed by atoms with Gasteiger partial charge in [0.25, 0.3) is 0 Å². The summed E-state index contributed by atoms with van der Waals surface area (Å²) in [6.45, 7) is 6.36. The van der Waals surface area contributed by atoms with E-state index in [1.807, 2.05) is 55.6 Å².